The summed E-state index contributed by atoms with van der Waals surface area (Å²) in [6.45, 7) is 0.620. The number of H-pyrrole nitrogens is 1. The SMILES string of the molecule is Cn1c2c(c3ccccc31)C(=O)C(CNc1ncc[nH]1)CC2. The third-order valence-corrected chi connectivity index (χ3v) is 4.59. The second-order valence-corrected chi connectivity index (χ2v) is 5.82. The van der Waals surface area contributed by atoms with Gasteiger partial charge in [0.25, 0.3) is 0 Å². The number of hydrogen-bond donors (Lipinski definition) is 2. The summed E-state index contributed by atoms with van der Waals surface area (Å²) in [5, 5.41) is 4.29. The van der Waals surface area contributed by atoms with Crippen LogP contribution >= 0.6 is 0 Å². The number of imidazole rings is 1. The topological polar surface area (TPSA) is 62.7 Å². The fourth-order valence-electron chi connectivity index (χ4n) is 3.44. The fourth-order valence-corrected chi connectivity index (χ4v) is 3.44. The van der Waals surface area contributed by atoms with Crippen LogP contribution in [0.5, 0.6) is 0 Å². The molecular weight excluding hydrogens is 276 g/mol. The molecule has 0 spiro atoms. The number of aromatic nitrogens is 3. The maximum atomic E-state index is 12.9. The number of Topliss-reactive ketones (excluding diaryl/α,β-unsaturated/α-hetero) is 1. The molecule has 3 aromatic rings. The molecule has 0 aliphatic heterocycles. The van der Waals surface area contributed by atoms with Crippen molar-refractivity contribution in [1.29, 1.82) is 0 Å². The van der Waals surface area contributed by atoms with Crippen LogP contribution in [0.15, 0.2) is 36.7 Å². The quantitative estimate of drug-likeness (QED) is 0.780. The van der Waals surface area contributed by atoms with E-state index in [0.717, 1.165) is 35.3 Å². The molecule has 5 nitrogen and oxygen atoms in total. The van der Waals surface area contributed by atoms with E-state index in [2.05, 4.69) is 39.0 Å². The van der Waals surface area contributed by atoms with Crippen LogP contribution in [0.3, 0.4) is 0 Å². The van der Waals surface area contributed by atoms with Crippen LogP contribution in [0.25, 0.3) is 10.9 Å². The molecule has 0 saturated carbocycles. The van der Waals surface area contributed by atoms with Crippen molar-refractivity contribution >= 4 is 22.6 Å². The van der Waals surface area contributed by atoms with Gasteiger partial charge in [-0.1, -0.05) is 18.2 Å². The molecule has 1 unspecified atom stereocenters. The Balaban J connectivity index is 1.66. The molecule has 0 bridgehead atoms. The number of para-hydroxylation sites is 1. The molecule has 1 aliphatic carbocycles. The minimum absolute atomic E-state index is 0.00315. The number of nitrogens with one attached hydrogen (secondary N) is 2. The van der Waals surface area contributed by atoms with Gasteiger partial charge in [-0.25, -0.2) is 4.98 Å². The van der Waals surface area contributed by atoms with Gasteiger partial charge in [0, 0.05) is 54.1 Å². The highest BCUT2D eigenvalue weighted by Gasteiger charge is 2.31. The van der Waals surface area contributed by atoms with E-state index >= 15 is 0 Å². The van der Waals surface area contributed by atoms with Crippen LogP contribution in [-0.4, -0.2) is 26.9 Å². The van der Waals surface area contributed by atoms with Crippen molar-refractivity contribution in [3.05, 3.63) is 47.9 Å². The lowest BCUT2D eigenvalue weighted by atomic mass is 9.85. The zero-order valence-corrected chi connectivity index (χ0v) is 12.5. The normalized spacial score (nSPS) is 17.7. The lowest BCUT2D eigenvalue weighted by Gasteiger charge is -2.22. The third kappa shape index (κ3) is 1.93. The number of anilines is 1. The molecule has 112 valence electrons. The number of nitrogens with zero attached hydrogens (tertiary/aromatic N) is 2. The summed E-state index contributed by atoms with van der Waals surface area (Å²) in [5.41, 5.74) is 3.22. The lowest BCUT2D eigenvalue weighted by molar-refractivity contribution is 0.0910. The monoisotopic (exact) mass is 294 g/mol. The zero-order valence-electron chi connectivity index (χ0n) is 12.5. The number of carbonyl (C=O) groups excluding carboxylic acids is 1. The Bertz CT molecular complexity index is 832. The minimum Gasteiger partial charge on any atom is -0.355 e. The number of rotatable bonds is 3. The van der Waals surface area contributed by atoms with Gasteiger partial charge in [0.2, 0.25) is 0 Å². The molecule has 1 aromatic carbocycles. The lowest BCUT2D eigenvalue weighted by Crippen LogP contribution is -2.29. The zero-order chi connectivity index (χ0) is 15.1. The molecule has 2 N–H and O–H groups in total. The van der Waals surface area contributed by atoms with Gasteiger partial charge < -0.3 is 14.9 Å². The molecule has 22 heavy (non-hydrogen) atoms. The Morgan fingerprint density at radius 1 is 1.41 bits per heavy atom. The van der Waals surface area contributed by atoms with Gasteiger partial charge in [0.15, 0.2) is 11.7 Å². The summed E-state index contributed by atoms with van der Waals surface area (Å²) in [6.07, 6.45) is 5.29. The number of aromatic amines is 1. The van der Waals surface area contributed by atoms with Gasteiger partial charge in [-0.05, 0) is 18.9 Å². The standard InChI is InChI=1S/C17H18N4O/c1-21-13-5-3-2-4-12(13)15-14(21)7-6-11(16(15)22)10-20-17-18-8-9-19-17/h2-5,8-9,11H,6-7,10H2,1H3,(H2,18,19,20). The second-order valence-electron chi connectivity index (χ2n) is 5.82. The van der Waals surface area contributed by atoms with Crippen molar-refractivity contribution in [2.45, 2.75) is 12.8 Å². The first-order valence-electron chi connectivity index (χ1n) is 7.59. The van der Waals surface area contributed by atoms with Crippen LogP contribution in [0.1, 0.15) is 22.5 Å². The molecule has 0 fully saturated rings. The first-order chi connectivity index (χ1) is 10.8. The van der Waals surface area contributed by atoms with Crippen LogP contribution in [0.2, 0.25) is 0 Å². The Labute approximate surface area is 128 Å². The molecule has 0 saturated heterocycles. The van der Waals surface area contributed by atoms with Crippen molar-refractivity contribution in [3.63, 3.8) is 0 Å². The van der Waals surface area contributed by atoms with E-state index in [4.69, 9.17) is 0 Å². The van der Waals surface area contributed by atoms with E-state index in [1.165, 1.54) is 5.69 Å². The highest BCUT2D eigenvalue weighted by molar-refractivity contribution is 6.11. The predicted molar refractivity (Wildman–Crippen MR) is 86.1 cm³/mol. The highest BCUT2D eigenvalue weighted by atomic mass is 16.1. The van der Waals surface area contributed by atoms with Crippen molar-refractivity contribution in [1.82, 2.24) is 14.5 Å². The summed E-state index contributed by atoms with van der Waals surface area (Å²) in [7, 11) is 2.05. The van der Waals surface area contributed by atoms with E-state index in [1.54, 1.807) is 12.4 Å². The number of hydrogen-bond acceptors (Lipinski definition) is 3. The molecule has 4 rings (SSSR count). The predicted octanol–water partition coefficient (Wildman–Crippen LogP) is 2.76. The van der Waals surface area contributed by atoms with Crippen LogP contribution in [-0.2, 0) is 13.5 Å². The van der Waals surface area contributed by atoms with Gasteiger partial charge in [-0.2, -0.15) is 0 Å². The Kier molecular flexibility index (Phi) is 2.99. The maximum Gasteiger partial charge on any atom is 0.200 e. The average molecular weight is 294 g/mol. The number of ketones is 1. The summed E-state index contributed by atoms with van der Waals surface area (Å²) in [6, 6.07) is 8.15. The molecule has 0 amide bonds. The Hall–Kier alpha value is -2.56. The molecule has 5 heteroatoms. The van der Waals surface area contributed by atoms with Crippen LogP contribution in [0.4, 0.5) is 5.95 Å². The van der Waals surface area contributed by atoms with E-state index in [1.807, 2.05) is 12.1 Å². The first-order valence-corrected chi connectivity index (χ1v) is 7.59. The average Bonchev–Trinajstić information content (AvgIpc) is 3.15. The molecule has 1 aliphatic rings. The van der Waals surface area contributed by atoms with Gasteiger partial charge in [0.05, 0.1) is 0 Å². The van der Waals surface area contributed by atoms with Crippen molar-refractivity contribution < 1.29 is 4.79 Å². The maximum absolute atomic E-state index is 12.9. The largest absolute Gasteiger partial charge is 0.355 e. The summed E-state index contributed by atoms with van der Waals surface area (Å²) in [5.74, 6) is 0.969. The Morgan fingerprint density at radius 2 is 2.27 bits per heavy atom. The van der Waals surface area contributed by atoms with E-state index < -0.39 is 0 Å². The molecule has 2 aromatic heterocycles. The third-order valence-electron chi connectivity index (χ3n) is 4.59. The number of carbonyl (C=O) groups is 1. The highest BCUT2D eigenvalue weighted by Crippen LogP contribution is 2.33. The van der Waals surface area contributed by atoms with Crippen molar-refractivity contribution in [3.8, 4) is 0 Å². The molecule has 1 atom stereocenters. The Morgan fingerprint density at radius 3 is 3.09 bits per heavy atom. The summed E-state index contributed by atoms with van der Waals surface area (Å²) in [4.78, 5) is 20.1. The molecule has 2 heterocycles. The fraction of sp³-hybridized carbons (Fsp3) is 0.294. The smallest absolute Gasteiger partial charge is 0.200 e. The second kappa shape index (κ2) is 5.02. The van der Waals surface area contributed by atoms with Crippen molar-refractivity contribution in [2.24, 2.45) is 13.0 Å². The van der Waals surface area contributed by atoms with E-state index in [0.29, 0.717) is 6.54 Å². The summed E-state index contributed by atoms with van der Waals surface area (Å²) >= 11 is 0. The van der Waals surface area contributed by atoms with Crippen LogP contribution in [0, 0.1) is 5.92 Å². The van der Waals surface area contributed by atoms with E-state index in [-0.39, 0.29) is 11.7 Å². The summed E-state index contributed by atoms with van der Waals surface area (Å²) < 4.78 is 2.17. The van der Waals surface area contributed by atoms with Crippen LogP contribution < -0.4 is 5.32 Å². The van der Waals surface area contributed by atoms with Crippen molar-refractivity contribution in [2.75, 3.05) is 11.9 Å². The van der Waals surface area contributed by atoms with Gasteiger partial charge >= 0.3 is 0 Å². The number of aryl methyl sites for hydroxylation is 1. The van der Waals surface area contributed by atoms with Gasteiger partial charge in [0.1, 0.15) is 0 Å². The molecular formula is C17H18N4O. The van der Waals surface area contributed by atoms with E-state index in [9.17, 15) is 4.79 Å². The van der Waals surface area contributed by atoms with Gasteiger partial charge in [-0.3, -0.25) is 4.79 Å². The number of benzene rings is 1. The first kappa shape index (κ1) is 13.1. The number of fused-ring (bicyclic) bond motifs is 3. The molecule has 0 radical (unpaired) electrons. The minimum atomic E-state index is 0.00315. The van der Waals surface area contributed by atoms with Gasteiger partial charge in [-0.15, -0.1) is 0 Å².